The van der Waals surface area contributed by atoms with E-state index in [1.54, 1.807) is 27.8 Å². The zero-order chi connectivity index (χ0) is 13.9. The molecule has 1 heterocycles. The Bertz CT molecular complexity index is 459. The first-order valence-electron chi connectivity index (χ1n) is 5.34. The van der Waals surface area contributed by atoms with E-state index in [1.165, 1.54) is 17.9 Å². The van der Waals surface area contributed by atoms with E-state index in [1.807, 2.05) is 0 Å². The van der Waals surface area contributed by atoms with Crippen molar-refractivity contribution >= 4 is 18.0 Å². The van der Waals surface area contributed by atoms with Crippen molar-refractivity contribution in [2.75, 3.05) is 12.4 Å². The number of carbonyl (C=O) groups excluding carboxylic acids is 2. The summed E-state index contributed by atoms with van der Waals surface area (Å²) >= 11 is 0. The summed E-state index contributed by atoms with van der Waals surface area (Å²) in [5, 5.41) is 2.45. The van der Waals surface area contributed by atoms with Crippen molar-refractivity contribution in [3.63, 3.8) is 0 Å². The van der Waals surface area contributed by atoms with E-state index in [9.17, 15) is 9.59 Å². The molecule has 0 saturated heterocycles. The molecule has 0 aliphatic heterocycles. The van der Waals surface area contributed by atoms with Gasteiger partial charge in [0.25, 0.3) is 0 Å². The van der Waals surface area contributed by atoms with E-state index >= 15 is 0 Å². The number of rotatable bonds is 2. The first-order chi connectivity index (χ1) is 8.23. The number of nitrogens with one attached hydrogen (secondary N) is 1. The maximum atomic E-state index is 11.5. The van der Waals surface area contributed by atoms with Crippen molar-refractivity contribution < 1.29 is 19.1 Å². The molecule has 0 fully saturated rings. The molecule has 1 amide bonds. The highest BCUT2D eigenvalue weighted by molar-refractivity contribution is 5.89. The van der Waals surface area contributed by atoms with Gasteiger partial charge in [0.1, 0.15) is 5.60 Å². The van der Waals surface area contributed by atoms with Gasteiger partial charge in [0.05, 0.1) is 7.11 Å². The van der Waals surface area contributed by atoms with E-state index in [-0.39, 0.29) is 11.6 Å². The Morgan fingerprint density at radius 1 is 1.39 bits per heavy atom. The van der Waals surface area contributed by atoms with Crippen LogP contribution in [0, 0.1) is 0 Å². The lowest BCUT2D eigenvalue weighted by atomic mass is 10.2. The molecule has 18 heavy (non-hydrogen) atoms. The second-order valence-electron chi connectivity index (χ2n) is 4.68. The highest BCUT2D eigenvalue weighted by Crippen LogP contribution is 2.11. The van der Waals surface area contributed by atoms with Gasteiger partial charge in [-0.25, -0.2) is 14.6 Å². The lowest BCUT2D eigenvalue weighted by Crippen LogP contribution is -2.28. The number of aromatic nitrogens is 2. The lowest BCUT2D eigenvalue weighted by Gasteiger charge is -2.19. The Labute approximate surface area is 105 Å². The molecule has 0 bridgehead atoms. The Morgan fingerprint density at radius 2 is 2.00 bits per heavy atom. The SMILES string of the molecule is COC(=O)c1cn(C)c(NC(=O)OC(C)(C)C)n1. The van der Waals surface area contributed by atoms with Gasteiger partial charge in [0.15, 0.2) is 5.69 Å². The van der Waals surface area contributed by atoms with Gasteiger partial charge in [0.2, 0.25) is 5.95 Å². The predicted molar refractivity (Wildman–Crippen MR) is 64.4 cm³/mol. The highest BCUT2D eigenvalue weighted by atomic mass is 16.6. The largest absolute Gasteiger partial charge is 0.464 e. The molecule has 1 aromatic heterocycles. The van der Waals surface area contributed by atoms with Gasteiger partial charge in [-0.3, -0.25) is 5.32 Å². The van der Waals surface area contributed by atoms with E-state index < -0.39 is 17.7 Å². The fourth-order valence-corrected chi connectivity index (χ4v) is 1.18. The summed E-state index contributed by atoms with van der Waals surface area (Å²) in [5.41, 5.74) is -0.480. The quantitative estimate of drug-likeness (QED) is 0.811. The fourth-order valence-electron chi connectivity index (χ4n) is 1.18. The summed E-state index contributed by atoms with van der Waals surface area (Å²) in [6, 6.07) is 0. The molecule has 7 heteroatoms. The van der Waals surface area contributed by atoms with Gasteiger partial charge in [-0.2, -0.15) is 0 Å². The number of anilines is 1. The van der Waals surface area contributed by atoms with Crippen LogP contribution in [-0.4, -0.2) is 34.3 Å². The van der Waals surface area contributed by atoms with Crippen LogP contribution in [0.3, 0.4) is 0 Å². The second-order valence-corrected chi connectivity index (χ2v) is 4.68. The van der Waals surface area contributed by atoms with Crippen LogP contribution in [0.4, 0.5) is 10.7 Å². The number of ether oxygens (including phenoxy) is 2. The fraction of sp³-hybridized carbons (Fsp3) is 0.545. The van der Waals surface area contributed by atoms with Crippen molar-refractivity contribution in [1.82, 2.24) is 9.55 Å². The van der Waals surface area contributed by atoms with Gasteiger partial charge < -0.3 is 14.0 Å². The van der Waals surface area contributed by atoms with Gasteiger partial charge in [-0.15, -0.1) is 0 Å². The third kappa shape index (κ3) is 3.76. The Balaban J connectivity index is 2.76. The molecule has 7 nitrogen and oxygen atoms in total. The summed E-state index contributed by atoms with van der Waals surface area (Å²) < 4.78 is 11.1. The molecule has 0 radical (unpaired) electrons. The van der Waals surface area contributed by atoms with Crippen LogP contribution in [0.5, 0.6) is 0 Å². The molecule has 0 saturated carbocycles. The standard InChI is InChI=1S/C11H17N3O4/c1-11(2,3)18-10(16)13-9-12-7(6-14(9)4)8(15)17-5/h6H,1-5H3,(H,12,13,16). The van der Waals surface area contributed by atoms with E-state index in [2.05, 4.69) is 15.0 Å². The molecule has 100 valence electrons. The van der Waals surface area contributed by atoms with Crippen molar-refractivity contribution in [3.8, 4) is 0 Å². The van der Waals surface area contributed by atoms with Crippen LogP contribution < -0.4 is 5.32 Å². The molecule has 1 N–H and O–H groups in total. The minimum atomic E-state index is -0.632. The normalized spacial score (nSPS) is 10.9. The summed E-state index contributed by atoms with van der Waals surface area (Å²) in [4.78, 5) is 26.7. The third-order valence-corrected chi connectivity index (χ3v) is 1.88. The van der Waals surface area contributed by atoms with Crippen molar-refractivity contribution in [2.45, 2.75) is 26.4 Å². The van der Waals surface area contributed by atoms with E-state index in [0.717, 1.165) is 0 Å². The number of amides is 1. The minimum Gasteiger partial charge on any atom is -0.464 e. The Morgan fingerprint density at radius 3 is 2.50 bits per heavy atom. The number of carbonyl (C=O) groups is 2. The number of esters is 1. The van der Waals surface area contributed by atoms with Crippen LogP contribution in [0.1, 0.15) is 31.3 Å². The van der Waals surface area contributed by atoms with Crippen molar-refractivity contribution in [3.05, 3.63) is 11.9 Å². The molecule has 0 aromatic carbocycles. The molecule has 1 rings (SSSR count). The average Bonchev–Trinajstić information content (AvgIpc) is 2.56. The van der Waals surface area contributed by atoms with Gasteiger partial charge in [0, 0.05) is 13.2 Å². The highest BCUT2D eigenvalue weighted by Gasteiger charge is 2.19. The maximum absolute atomic E-state index is 11.5. The lowest BCUT2D eigenvalue weighted by molar-refractivity contribution is 0.0590. The first kappa shape index (κ1) is 14.0. The Kier molecular flexibility index (Phi) is 3.95. The molecular formula is C11H17N3O4. The summed E-state index contributed by atoms with van der Waals surface area (Å²) in [6.07, 6.45) is 0.825. The summed E-state index contributed by atoms with van der Waals surface area (Å²) in [6.45, 7) is 5.26. The number of nitrogens with zero attached hydrogens (tertiary/aromatic N) is 2. The molecule has 0 aliphatic carbocycles. The average molecular weight is 255 g/mol. The van der Waals surface area contributed by atoms with Crippen LogP contribution in [0.25, 0.3) is 0 Å². The van der Waals surface area contributed by atoms with E-state index in [4.69, 9.17) is 4.74 Å². The number of aryl methyl sites for hydroxylation is 1. The smallest absolute Gasteiger partial charge is 0.414 e. The molecule has 0 aliphatic rings. The molecule has 1 aromatic rings. The monoisotopic (exact) mass is 255 g/mol. The maximum Gasteiger partial charge on any atom is 0.414 e. The third-order valence-electron chi connectivity index (χ3n) is 1.88. The number of hydrogen-bond donors (Lipinski definition) is 1. The zero-order valence-electron chi connectivity index (χ0n) is 11.1. The van der Waals surface area contributed by atoms with E-state index in [0.29, 0.717) is 0 Å². The molecular weight excluding hydrogens is 238 g/mol. The number of methoxy groups -OCH3 is 1. The Hall–Kier alpha value is -2.05. The predicted octanol–water partition coefficient (Wildman–Crippen LogP) is 1.55. The summed E-state index contributed by atoms with van der Waals surface area (Å²) in [5.74, 6) is -0.354. The van der Waals surface area contributed by atoms with Gasteiger partial charge in [-0.05, 0) is 20.8 Å². The molecule has 0 unspecified atom stereocenters. The topological polar surface area (TPSA) is 82.5 Å². The van der Waals surface area contributed by atoms with Gasteiger partial charge in [-0.1, -0.05) is 0 Å². The summed E-state index contributed by atoms with van der Waals surface area (Å²) in [7, 11) is 2.91. The zero-order valence-corrected chi connectivity index (χ0v) is 11.1. The van der Waals surface area contributed by atoms with Crippen LogP contribution in [0.15, 0.2) is 6.20 Å². The number of imidazole rings is 1. The molecule has 0 spiro atoms. The van der Waals surface area contributed by atoms with Gasteiger partial charge >= 0.3 is 12.1 Å². The number of hydrogen-bond acceptors (Lipinski definition) is 5. The van der Waals surface area contributed by atoms with Crippen LogP contribution in [0.2, 0.25) is 0 Å². The van der Waals surface area contributed by atoms with Crippen molar-refractivity contribution in [2.24, 2.45) is 7.05 Å². The first-order valence-corrected chi connectivity index (χ1v) is 5.34. The molecule has 0 atom stereocenters. The second kappa shape index (κ2) is 5.07. The van der Waals surface area contributed by atoms with Crippen molar-refractivity contribution in [1.29, 1.82) is 0 Å². The minimum absolute atomic E-state index is 0.117. The van der Waals surface area contributed by atoms with Crippen LogP contribution >= 0.6 is 0 Å². The van der Waals surface area contributed by atoms with Crippen LogP contribution in [-0.2, 0) is 16.5 Å².